The van der Waals surface area contributed by atoms with Crippen LogP contribution >= 0.6 is 0 Å². The third kappa shape index (κ3) is 13.8. The topological polar surface area (TPSA) is 47.9 Å². The fourth-order valence-electron chi connectivity index (χ4n) is 7.70. The quantitative estimate of drug-likeness (QED) is 0.0518. The summed E-state index contributed by atoms with van der Waals surface area (Å²) in [6, 6.07) is 30.7. The van der Waals surface area contributed by atoms with Crippen molar-refractivity contribution in [2.24, 2.45) is 0 Å². The summed E-state index contributed by atoms with van der Waals surface area (Å²) in [5.41, 5.74) is 3.08. The second-order valence-corrected chi connectivity index (χ2v) is 15.5. The van der Waals surface area contributed by atoms with E-state index >= 15 is 0 Å². The summed E-state index contributed by atoms with van der Waals surface area (Å²) in [6.07, 6.45) is 25.7. The summed E-state index contributed by atoms with van der Waals surface area (Å²) in [5.74, 6) is 2.70. The van der Waals surface area contributed by atoms with Crippen molar-refractivity contribution in [1.82, 2.24) is 0 Å². The van der Waals surface area contributed by atoms with Crippen LogP contribution in [0.5, 0.6) is 23.0 Å². The van der Waals surface area contributed by atoms with Gasteiger partial charge in [-0.15, -0.1) is 0 Å². The van der Waals surface area contributed by atoms with Crippen LogP contribution in [-0.4, -0.2) is 18.3 Å². The predicted molar refractivity (Wildman–Crippen MR) is 234 cm³/mol. The third-order valence-corrected chi connectivity index (χ3v) is 10.9. The SMILES string of the molecule is CCCCCCCCCCCCOc1ccc2ccc(O)cc2c1-c1c(OCCCCCCCCCCCC)ccc2ccc(OCc3ccccc3)cc12. The number of hydrogen-bond donors (Lipinski definition) is 1. The molecule has 0 fully saturated rings. The second-order valence-electron chi connectivity index (χ2n) is 15.5. The Morgan fingerprint density at radius 1 is 0.418 bits per heavy atom. The lowest BCUT2D eigenvalue weighted by molar-refractivity contribution is 0.301. The van der Waals surface area contributed by atoms with Crippen LogP contribution in [0, 0.1) is 0 Å². The van der Waals surface area contributed by atoms with E-state index in [1.54, 1.807) is 6.07 Å². The van der Waals surface area contributed by atoms with Crippen molar-refractivity contribution in [3.8, 4) is 34.1 Å². The van der Waals surface area contributed by atoms with Gasteiger partial charge in [0.15, 0.2) is 0 Å². The molecule has 5 aromatic rings. The Kier molecular flexibility index (Phi) is 18.6. The van der Waals surface area contributed by atoms with E-state index in [0.29, 0.717) is 19.8 Å². The van der Waals surface area contributed by atoms with Gasteiger partial charge < -0.3 is 19.3 Å². The number of fused-ring (bicyclic) bond motifs is 2. The van der Waals surface area contributed by atoms with Gasteiger partial charge in [-0.05, 0) is 76.3 Å². The zero-order valence-electron chi connectivity index (χ0n) is 34.1. The molecule has 0 heterocycles. The first-order valence-electron chi connectivity index (χ1n) is 21.9. The summed E-state index contributed by atoms with van der Waals surface area (Å²) in [5, 5.41) is 14.9. The smallest absolute Gasteiger partial charge is 0.127 e. The van der Waals surface area contributed by atoms with Crippen LogP contribution in [0.4, 0.5) is 0 Å². The molecule has 0 saturated heterocycles. The lowest BCUT2D eigenvalue weighted by atomic mass is 9.92. The standard InChI is InChI=1S/C51H68O4/c1-3-5-7-9-11-13-15-17-19-24-36-53-48-34-30-42-28-32-44(52)38-46(42)50(48)51-47-39-45(55-40-41-26-22-21-23-27-41)33-29-43(47)31-35-49(51)54-37-25-20-18-16-14-12-10-8-6-4-2/h21-23,26-35,38-39,52H,3-20,24-25,36-37,40H2,1-2H3. The molecular weight excluding hydrogens is 677 g/mol. The molecule has 0 aliphatic rings. The number of hydrogen-bond acceptors (Lipinski definition) is 4. The van der Waals surface area contributed by atoms with E-state index in [1.165, 1.54) is 116 Å². The van der Waals surface area contributed by atoms with Gasteiger partial charge in [-0.2, -0.15) is 0 Å². The zero-order valence-corrected chi connectivity index (χ0v) is 34.1. The molecule has 1 N–H and O–H groups in total. The van der Waals surface area contributed by atoms with Gasteiger partial charge in [-0.25, -0.2) is 0 Å². The highest BCUT2D eigenvalue weighted by Crippen LogP contribution is 2.47. The van der Waals surface area contributed by atoms with Gasteiger partial charge in [-0.1, -0.05) is 184 Å². The summed E-state index contributed by atoms with van der Waals surface area (Å²) >= 11 is 0. The third-order valence-electron chi connectivity index (χ3n) is 10.9. The lowest BCUT2D eigenvalue weighted by Gasteiger charge is -2.20. The average Bonchev–Trinajstić information content (AvgIpc) is 3.21. The molecule has 0 aromatic heterocycles. The van der Waals surface area contributed by atoms with Crippen molar-refractivity contribution < 1.29 is 19.3 Å². The highest BCUT2D eigenvalue weighted by molar-refractivity contribution is 6.10. The molecule has 296 valence electrons. The number of phenolic OH excluding ortho intramolecular Hbond substituents is 1. The van der Waals surface area contributed by atoms with Crippen LogP contribution in [-0.2, 0) is 6.61 Å². The number of unbranched alkanes of at least 4 members (excludes halogenated alkanes) is 18. The number of ether oxygens (including phenoxy) is 3. The maximum atomic E-state index is 10.8. The highest BCUT2D eigenvalue weighted by Gasteiger charge is 2.20. The van der Waals surface area contributed by atoms with E-state index in [-0.39, 0.29) is 5.75 Å². The van der Waals surface area contributed by atoms with Crippen molar-refractivity contribution in [2.45, 2.75) is 149 Å². The molecule has 0 atom stereocenters. The number of phenols is 1. The molecule has 0 saturated carbocycles. The van der Waals surface area contributed by atoms with Gasteiger partial charge in [0.05, 0.1) is 13.2 Å². The molecule has 0 radical (unpaired) electrons. The molecule has 4 heteroatoms. The van der Waals surface area contributed by atoms with E-state index in [0.717, 1.165) is 68.3 Å². The highest BCUT2D eigenvalue weighted by atomic mass is 16.5. The Morgan fingerprint density at radius 2 is 0.855 bits per heavy atom. The Morgan fingerprint density at radius 3 is 1.36 bits per heavy atom. The van der Waals surface area contributed by atoms with Crippen LogP contribution in [0.2, 0.25) is 0 Å². The molecule has 5 aromatic carbocycles. The Hall–Kier alpha value is -4.18. The van der Waals surface area contributed by atoms with Crippen LogP contribution in [0.1, 0.15) is 148 Å². The van der Waals surface area contributed by atoms with Gasteiger partial charge in [0.25, 0.3) is 0 Å². The summed E-state index contributed by atoms with van der Waals surface area (Å²) < 4.78 is 19.8. The van der Waals surface area contributed by atoms with Gasteiger partial charge in [0, 0.05) is 11.1 Å². The van der Waals surface area contributed by atoms with Crippen LogP contribution in [0.25, 0.3) is 32.7 Å². The molecule has 4 nitrogen and oxygen atoms in total. The van der Waals surface area contributed by atoms with Crippen LogP contribution in [0.15, 0.2) is 91.0 Å². The minimum absolute atomic E-state index is 0.237. The van der Waals surface area contributed by atoms with Crippen LogP contribution < -0.4 is 14.2 Å². The molecule has 0 bridgehead atoms. The molecule has 0 unspecified atom stereocenters. The lowest BCUT2D eigenvalue weighted by Crippen LogP contribution is -2.03. The van der Waals surface area contributed by atoms with E-state index in [2.05, 4.69) is 68.4 Å². The average molecular weight is 745 g/mol. The molecule has 55 heavy (non-hydrogen) atoms. The van der Waals surface area contributed by atoms with Gasteiger partial charge >= 0.3 is 0 Å². The minimum Gasteiger partial charge on any atom is -0.508 e. The van der Waals surface area contributed by atoms with Crippen molar-refractivity contribution in [3.05, 3.63) is 96.6 Å². The second kappa shape index (κ2) is 24.4. The van der Waals surface area contributed by atoms with Crippen molar-refractivity contribution in [3.63, 3.8) is 0 Å². The summed E-state index contributed by atoms with van der Waals surface area (Å²) in [4.78, 5) is 0. The molecule has 0 amide bonds. The van der Waals surface area contributed by atoms with Gasteiger partial charge in [-0.3, -0.25) is 0 Å². The van der Waals surface area contributed by atoms with Gasteiger partial charge in [0.1, 0.15) is 29.6 Å². The van der Waals surface area contributed by atoms with Crippen molar-refractivity contribution >= 4 is 21.5 Å². The Balaban J connectivity index is 1.36. The molecular formula is C51H68O4. The van der Waals surface area contributed by atoms with Gasteiger partial charge in [0.2, 0.25) is 0 Å². The molecule has 0 spiro atoms. The number of benzene rings is 5. The monoisotopic (exact) mass is 745 g/mol. The maximum Gasteiger partial charge on any atom is 0.127 e. The maximum absolute atomic E-state index is 10.8. The minimum atomic E-state index is 0.237. The largest absolute Gasteiger partial charge is 0.508 e. The Labute approximate surface area is 332 Å². The Bertz CT molecular complexity index is 1810. The predicted octanol–water partition coefficient (Wildman–Crippen LogP) is 15.5. The fourth-order valence-corrected chi connectivity index (χ4v) is 7.70. The fraction of sp³-hybridized carbons (Fsp3) is 0.490. The first kappa shape index (κ1) is 42.0. The van der Waals surface area contributed by atoms with Crippen molar-refractivity contribution in [2.75, 3.05) is 13.2 Å². The van der Waals surface area contributed by atoms with Crippen molar-refractivity contribution in [1.29, 1.82) is 0 Å². The summed E-state index contributed by atoms with van der Waals surface area (Å²) in [6.45, 7) is 6.36. The number of aromatic hydroxyl groups is 1. The molecule has 0 aliphatic carbocycles. The van der Waals surface area contributed by atoms with E-state index in [1.807, 2.05) is 30.3 Å². The molecule has 5 rings (SSSR count). The van der Waals surface area contributed by atoms with E-state index in [4.69, 9.17) is 14.2 Å². The van der Waals surface area contributed by atoms with Crippen LogP contribution in [0.3, 0.4) is 0 Å². The first-order chi connectivity index (χ1) is 27.2. The summed E-state index contributed by atoms with van der Waals surface area (Å²) in [7, 11) is 0. The zero-order chi connectivity index (χ0) is 38.3. The molecule has 0 aliphatic heterocycles. The first-order valence-corrected chi connectivity index (χ1v) is 21.9. The van der Waals surface area contributed by atoms with E-state index < -0.39 is 0 Å². The number of rotatable bonds is 28. The normalized spacial score (nSPS) is 11.4. The van der Waals surface area contributed by atoms with E-state index in [9.17, 15) is 5.11 Å².